The Bertz CT molecular complexity index is 1320. The second-order valence-electron chi connectivity index (χ2n) is 10.9. The summed E-state index contributed by atoms with van der Waals surface area (Å²) in [6.07, 6.45) is 11.1. The van der Waals surface area contributed by atoms with Crippen LogP contribution in [0.15, 0.2) is 54.7 Å². The molecular weight excluding hydrogens is 479 g/mol. The van der Waals surface area contributed by atoms with Crippen LogP contribution in [0.2, 0.25) is 0 Å². The molecule has 2 heterocycles. The van der Waals surface area contributed by atoms with E-state index < -0.39 is 0 Å². The van der Waals surface area contributed by atoms with Gasteiger partial charge in [0.1, 0.15) is 5.82 Å². The van der Waals surface area contributed by atoms with Crippen LogP contribution in [0.5, 0.6) is 0 Å². The van der Waals surface area contributed by atoms with Crippen LogP contribution in [0, 0.1) is 18.7 Å². The van der Waals surface area contributed by atoms with Gasteiger partial charge in [0.2, 0.25) is 11.8 Å². The highest BCUT2D eigenvalue weighted by atomic mass is 19.1. The highest BCUT2D eigenvalue weighted by Crippen LogP contribution is 2.37. The van der Waals surface area contributed by atoms with Gasteiger partial charge in [-0.15, -0.1) is 0 Å². The first-order valence-corrected chi connectivity index (χ1v) is 13.7. The van der Waals surface area contributed by atoms with E-state index in [4.69, 9.17) is 5.73 Å². The second-order valence-corrected chi connectivity index (χ2v) is 10.9. The minimum absolute atomic E-state index is 0.0652. The number of benzene rings is 2. The first kappa shape index (κ1) is 26.2. The van der Waals surface area contributed by atoms with Crippen LogP contribution in [0.3, 0.4) is 0 Å². The summed E-state index contributed by atoms with van der Waals surface area (Å²) in [6, 6.07) is 13.1. The number of carbonyl (C=O) groups is 2. The number of nitrogens with two attached hydrogens (primary N) is 1. The molecule has 0 spiro atoms. The molecular formula is C31H37FN4O2. The molecule has 2 amide bonds. The van der Waals surface area contributed by atoms with Crippen molar-refractivity contribution >= 4 is 28.8 Å². The molecule has 2 aromatic carbocycles. The maximum Gasteiger partial charge on any atom is 0.246 e. The molecule has 0 bridgehead atoms. The molecule has 38 heavy (non-hydrogen) atoms. The van der Waals surface area contributed by atoms with Gasteiger partial charge in [0.15, 0.2) is 0 Å². The normalized spacial score (nSPS) is 21.7. The summed E-state index contributed by atoms with van der Waals surface area (Å²) in [5.74, 6) is 0.0178. The zero-order valence-corrected chi connectivity index (χ0v) is 22.0. The van der Waals surface area contributed by atoms with Gasteiger partial charge in [0.25, 0.3) is 0 Å². The predicted octanol–water partition coefficient (Wildman–Crippen LogP) is 5.04. The largest absolute Gasteiger partial charge is 0.368 e. The first-order chi connectivity index (χ1) is 18.4. The summed E-state index contributed by atoms with van der Waals surface area (Å²) < 4.78 is 13.5. The van der Waals surface area contributed by atoms with E-state index in [1.54, 1.807) is 31.2 Å². The number of nitrogens with one attached hydrogen (secondary N) is 2. The standard InChI is InChI=1S/C31H37FN4O2/c1-20-18-21(6-12-27(20)32)7-13-29(37)36-16-14-23(15-17-36)30(31(33)38)35-24-10-8-22(9-11-24)26-19-34-28-5-3-2-4-25(26)28/h2-7,12-13,18-19,22-24,30,34-35H,8-11,14-17H2,1H3,(H2,33,38)/b13-7+. The molecule has 1 saturated carbocycles. The number of fused-ring (bicyclic) bond motifs is 1. The fourth-order valence-electron chi connectivity index (χ4n) is 6.20. The summed E-state index contributed by atoms with van der Waals surface area (Å²) >= 11 is 0. The van der Waals surface area contributed by atoms with Gasteiger partial charge in [0.05, 0.1) is 6.04 Å². The number of piperidine rings is 1. The summed E-state index contributed by atoms with van der Waals surface area (Å²) in [7, 11) is 0. The third-order valence-electron chi connectivity index (χ3n) is 8.43. The number of H-pyrrole nitrogens is 1. The quantitative estimate of drug-likeness (QED) is 0.385. The maximum absolute atomic E-state index is 13.5. The van der Waals surface area contributed by atoms with Crippen molar-refractivity contribution in [2.45, 2.75) is 63.5 Å². The Morgan fingerprint density at radius 3 is 2.53 bits per heavy atom. The number of nitrogens with zero attached hydrogens (tertiary/aromatic N) is 1. The smallest absolute Gasteiger partial charge is 0.246 e. The molecule has 1 unspecified atom stereocenters. The second kappa shape index (κ2) is 11.5. The van der Waals surface area contributed by atoms with E-state index in [1.807, 2.05) is 4.90 Å². The number of halogens is 1. The van der Waals surface area contributed by atoms with Gasteiger partial charge in [-0.1, -0.05) is 24.3 Å². The van der Waals surface area contributed by atoms with Crippen LogP contribution < -0.4 is 11.1 Å². The molecule has 6 nitrogen and oxygen atoms in total. The van der Waals surface area contributed by atoms with Crippen molar-refractivity contribution in [3.8, 4) is 0 Å². The van der Waals surface area contributed by atoms with Crippen molar-refractivity contribution in [2.24, 2.45) is 11.7 Å². The van der Waals surface area contributed by atoms with E-state index >= 15 is 0 Å². The maximum atomic E-state index is 13.5. The van der Waals surface area contributed by atoms with Crippen molar-refractivity contribution in [3.05, 3.63) is 77.2 Å². The molecule has 1 aliphatic carbocycles. The SMILES string of the molecule is Cc1cc(/C=C/C(=O)N2CCC(C(NC3CCC(c4c[nH]c5ccccc45)CC3)C(N)=O)CC2)ccc1F. The van der Waals surface area contributed by atoms with Gasteiger partial charge in [-0.2, -0.15) is 0 Å². The van der Waals surface area contributed by atoms with E-state index in [0.717, 1.165) is 44.1 Å². The molecule has 1 atom stereocenters. The fraction of sp³-hybridized carbons (Fsp3) is 0.419. The molecule has 2 fully saturated rings. The van der Waals surface area contributed by atoms with Crippen molar-refractivity contribution < 1.29 is 14.0 Å². The van der Waals surface area contributed by atoms with Crippen LogP contribution in [0.1, 0.15) is 61.1 Å². The minimum Gasteiger partial charge on any atom is -0.368 e. The first-order valence-electron chi connectivity index (χ1n) is 13.7. The van der Waals surface area contributed by atoms with Crippen molar-refractivity contribution in [1.82, 2.24) is 15.2 Å². The molecule has 2 aliphatic rings. The zero-order valence-electron chi connectivity index (χ0n) is 22.0. The lowest BCUT2D eigenvalue weighted by atomic mass is 9.80. The average Bonchev–Trinajstić information content (AvgIpc) is 3.37. The van der Waals surface area contributed by atoms with Gasteiger partial charge in [-0.3, -0.25) is 9.59 Å². The highest BCUT2D eigenvalue weighted by molar-refractivity contribution is 5.92. The summed E-state index contributed by atoms with van der Waals surface area (Å²) in [6.45, 7) is 2.89. The molecule has 3 aromatic rings. The van der Waals surface area contributed by atoms with Gasteiger partial charge in [-0.05, 0) is 98.2 Å². The van der Waals surface area contributed by atoms with Gasteiger partial charge in [-0.25, -0.2) is 4.39 Å². The molecule has 5 rings (SSSR count). The van der Waals surface area contributed by atoms with Crippen molar-refractivity contribution in [1.29, 1.82) is 0 Å². The monoisotopic (exact) mass is 516 g/mol. The van der Waals surface area contributed by atoms with Crippen molar-refractivity contribution in [2.75, 3.05) is 13.1 Å². The Morgan fingerprint density at radius 2 is 1.82 bits per heavy atom. The number of aryl methyl sites for hydroxylation is 1. The van der Waals surface area contributed by atoms with E-state index in [1.165, 1.54) is 22.5 Å². The summed E-state index contributed by atoms with van der Waals surface area (Å²) in [5.41, 5.74) is 9.78. The number of hydrogen-bond acceptors (Lipinski definition) is 3. The highest BCUT2D eigenvalue weighted by Gasteiger charge is 2.34. The topological polar surface area (TPSA) is 91.2 Å². The van der Waals surface area contributed by atoms with Crippen molar-refractivity contribution in [3.63, 3.8) is 0 Å². The predicted molar refractivity (Wildman–Crippen MR) is 149 cm³/mol. The average molecular weight is 517 g/mol. The van der Waals surface area contributed by atoms with Crippen LogP contribution in [-0.2, 0) is 9.59 Å². The van der Waals surface area contributed by atoms with Crippen LogP contribution in [-0.4, -0.2) is 46.9 Å². The Morgan fingerprint density at radius 1 is 1.08 bits per heavy atom. The third-order valence-corrected chi connectivity index (χ3v) is 8.43. The molecule has 7 heteroatoms. The number of aromatic amines is 1. The number of primary amides is 1. The van der Waals surface area contributed by atoms with Gasteiger partial charge < -0.3 is 20.9 Å². The van der Waals surface area contributed by atoms with E-state index in [2.05, 4.69) is 40.8 Å². The molecule has 200 valence electrons. The van der Waals surface area contributed by atoms with E-state index in [0.29, 0.717) is 24.6 Å². The molecule has 0 radical (unpaired) electrons. The lowest BCUT2D eigenvalue weighted by Gasteiger charge is -2.38. The molecule has 4 N–H and O–H groups in total. The lowest BCUT2D eigenvalue weighted by Crippen LogP contribution is -2.54. The minimum atomic E-state index is -0.375. The Balaban J connectivity index is 1.12. The Kier molecular flexibility index (Phi) is 7.93. The number of likely N-dealkylation sites (tertiary alicyclic amines) is 1. The summed E-state index contributed by atoms with van der Waals surface area (Å²) in [4.78, 5) is 30.4. The third kappa shape index (κ3) is 5.83. The molecule has 1 saturated heterocycles. The molecule has 1 aliphatic heterocycles. The number of carbonyl (C=O) groups excluding carboxylic acids is 2. The van der Waals surface area contributed by atoms with Gasteiger partial charge >= 0.3 is 0 Å². The number of hydrogen-bond donors (Lipinski definition) is 3. The van der Waals surface area contributed by atoms with Crippen LogP contribution in [0.25, 0.3) is 17.0 Å². The summed E-state index contributed by atoms with van der Waals surface area (Å²) in [5, 5.41) is 4.91. The number of aromatic nitrogens is 1. The zero-order chi connectivity index (χ0) is 26.6. The van der Waals surface area contributed by atoms with E-state index in [-0.39, 0.29) is 35.6 Å². The van der Waals surface area contributed by atoms with Gasteiger partial charge in [0, 0.05) is 42.3 Å². The number of amides is 2. The molecule has 1 aromatic heterocycles. The van der Waals surface area contributed by atoms with Crippen LogP contribution >= 0.6 is 0 Å². The fourth-order valence-corrected chi connectivity index (χ4v) is 6.20. The van der Waals surface area contributed by atoms with Crippen LogP contribution in [0.4, 0.5) is 4.39 Å². The lowest BCUT2D eigenvalue weighted by molar-refractivity contribution is -0.128. The number of para-hydroxylation sites is 1. The Labute approximate surface area is 223 Å². The number of rotatable bonds is 7. The van der Waals surface area contributed by atoms with E-state index in [9.17, 15) is 14.0 Å². The Hall–Kier alpha value is -3.45.